The van der Waals surface area contributed by atoms with E-state index in [1.54, 1.807) is 6.26 Å². The van der Waals surface area contributed by atoms with Crippen LogP contribution in [0.2, 0.25) is 0 Å². The first-order chi connectivity index (χ1) is 10.2. The molecule has 1 saturated carbocycles. The number of nitrogens with zero attached hydrogens (tertiary/aromatic N) is 1. The normalized spacial score (nSPS) is 29.5. The zero-order chi connectivity index (χ0) is 14.8. The molecule has 0 radical (unpaired) electrons. The second kappa shape index (κ2) is 5.92. The average molecular weight is 291 g/mol. The number of aliphatic carboxylic acids is 1. The maximum atomic E-state index is 12.7. The van der Waals surface area contributed by atoms with Gasteiger partial charge in [0.2, 0.25) is 5.91 Å². The molecule has 2 aliphatic rings. The molecule has 5 heteroatoms. The highest BCUT2D eigenvalue weighted by atomic mass is 16.4. The van der Waals surface area contributed by atoms with Crippen molar-refractivity contribution in [3.63, 3.8) is 0 Å². The summed E-state index contributed by atoms with van der Waals surface area (Å²) >= 11 is 0. The third kappa shape index (κ3) is 2.82. The number of hydrogen-bond donors (Lipinski definition) is 1. The van der Waals surface area contributed by atoms with Gasteiger partial charge in [0.1, 0.15) is 5.76 Å². The molecule has 0 spiro atoms. The van der Waals surface area contributed by atoms with Crippen LogP contribution in [0.3, 0.4) is 0 Å². The van der Waals surface area contributed by atoms with Crippen LogP contribution < -0.4 is 0 Å². The lowest BCUT2D eigenvalue weighted by atomic mass is 9.81. The Balaban J connectivity index is 1.64. The first-order valence-corrected chi connectivity index (χ1v) is 7.73. The minimum atomic E-state index is -0.726. The lowest BCUT2D eigenvalue weighted by Crippen LogP contribution is -2.37. The standard InChI is InChI=1S/C16H21NO4/c18-15(11-5-7-12(8-6-11)16(19)20)17-9-1-3-13(17)14-4-2-10-21-14/h2,4,10-13H,1,3,5-9H2,(H,19,20). The molecule has 0 bridgehead atoms. The Labute approximate surface area is 123 Å². The number of likely N-dealkylation sites (tertiary alicyclic amines) is 1. The molecule has 2 fully saturated rings. The SMILES string of the molecule is O=C(O)C1CCC(C(=O)N2CCCC2c2ccco2)CC1. The van der Waals surface area contributed by atoms with E-state index in [1.807, 2.05) is 17.0 Å². The Morgan fingerprint density at radius 1 is 1.14 bits per heavy atom. The van der Waals surface area contributed by atoms with Crippen LogP contribution in [0.5, 0.6) is 0 Å². The molecule has 5 nitrogen and oxygen atoms in total. The van der Waals surface area contributed by atoms with Crippen LogP contribution in [0.1, 0.15) is 50.3 Å². The van der Waals surface area contributed by atoms with Crippen LogP contribution in [0.15, 0.2) is 22.8 Å². The second-order valence-electron chi connectivity index (χ2n) is 6.09. The summed E-state index contributed by atoms with van der Waals surface area (Å²) in [7, 11) is 0. The molecule has 1 N–H and O–H groups in total. The van der Waals surface area contributed by atoms with Crippen molar-refractivity contribution in [2.75, 3.05) is 6.54 Å². The molecule has 3 rings (SSSR count). The van der Waals surface area contributed by atoms with E-state index in [0.29, 0.717) is 25.7 Å². The van der Waals surface area contributed by atoms with E-state index in [2.05, 4.69) is 0 Å². The van der Waals surface area contributed by atoms with Gasteiger partial charge in [-0.3, -0.25) is 9.59 Å². The van der Waals surface area contributed by atoms with Gasteiger partial charge in [0.15, 0.2) is 0 Å². The monoisotopic (exact) mass is 291 g/mol. The number of carboxylic acids is 1. The van der Waals surface area contributed by atoms with Gasteiger partial charge in [-0.1, -0.05) is 0 Å². The highest BCUT2D eigenvalue weighted by Gasteiger charge is 2.37. The summed E-state index contributed by atoms with van der Waals surface area (Å²) in [6.45, 7) is 0.781. The maximum Gasteiger partial charge on any atom is 0.306 e. The number of rotatable bonds is 3. The minimum Gasteiger partial charge on any atom is -0.481 e. The van der Waals surface area contributed by atoms with Crippen molar-refractivity contribution >= 4 is 11.9 Å². The molecular formula is C16H21NO4. The molecule has 21 heavy (non-hydrogen) atoms. The first-order valence-electron chi connectivity index (χ1n) is 7.73. The van der Waals surface area contributed by atoms with Crippen molar-refractivity contribution in [3.05, 3.63) is 24.2 Å². The molecule has 1 aliphatic heterocycles. The zero-order valence-electron chi connectivity index (χ0n) is 12.0. The maximum absolute atomic E-state index is 12.7. The van der Waals surface area contributed by atoms with Crippen LogP contribution in [0.25, 0.3) is 0 Å². The molecule has 0 aromatic carbocycles. The van der Waals surface area contributed by atoms with E-state index in [0.717, 1.165) is 25.1 Å². The van der Waals surface area contributed by atoms with Crippen molar-refractivity contribution in [1.29, 1.82) is 0 Å². The van der Waals surface area contributed by atoms with Crippen LogP contribution in [0, 0.1) is 11.8 Å². The van der Waals surface area contributed by atoms with Gasteiger partial charge in [-0.15, -0.1) is 0 Å². The van der Waals surface area contributed by atoms with Gasteiger partial charge >= 0.3 is 5.97 Å². The quantitative estimate of drug-likeness (QED) is 0.929. The van der Waals surface area contributed by atoms with E-state index in [9.17, 15) is 9.59 Å². The van der Waals surface area contributed by atoms with E-state index in [1.165, 1.54) is 0 Å². The van der Waals surface area contributed by atoms with Gasteiger partial charge in [-0.05, 0) is 50.7 Å². The molecule has 114 valence electrons. The third-order valence-corrected chi connectivity index (χ3v) is 4.83. The van der Waals surface area contributed by atoms with Gasteiger partial charge in [0, 0.05) is 12.5 Å². The Bertz CT molecular complexity index is 502. The molecule has 1 atom stereocenters. The topological polar surface area (TPSA) is 70.8 Å². The molecule has 1 saturated heterocycles. The first kappa shape index (κ1) is 14.2. The van der Waals surface area contributed by atoms with Crippen LogP contribution in [-0.2, 0) is 9.59 Å². The third-order valence-electron chi connectivity index (χ3n) is 4.83. The Kier molecular flexibility index (Phi) is 3.99. The molecule has 2 heterocycles. The van der Waals surface area contributed by atoms with Gasteiger partial charge in [0.05, 0.1) is 18.2 Å². The molecular weight excluding hydrogens is 270 g/mol. The predicted octanol–water partition coefficient (Wildman–Crippen LogP) is 2.83. The van der Waals surface area contributed by atoms with Crippen molar-refractivity contribution < 1.29 is 19.1 Å². The van der Waals surface area contributed by atoms with E-state index in [4.69, 9.17) is 9.52 Å². The van der Waals surface area contributed by atoms with Gasteiger partial charge in [-0.2, -0.15) is 0 Å². The second-order valence-corrected chi connectivity index (χ2v) is 6.09. The molecule has 1 aromatic heterocycles. The molecule has 1 unspecified atom stereocenters. The average Bonchev–Trinajstić information content (AvgIpc) is 3.17. The van der Waals surface area contributed by atoms with E-state index < -0.39 is 5.97 Å². The number of amides is 1. The van der Waals surface area contributed by atoms with Crippen molar-refractivity contribution in [2.45, 2.75) is 44.6 Å². The van der Waals surface area contributed by atoms with Crippen molar-refractivity contribution in [3.8, 4) is 0 Å². The summed E-state index contributed by atoms with van der Waals surface area (Å²) in [5, 5.41) is 9.03. The molecule has 1 aliphatic carbocycles. The van der Waals surface area contributed by atoms with Crippen LogP contribution in [-0.4, -0.2) is 28.4 Å². The smallest absolute Gasteiger partial charge is 0.306 e. The molecule has 1 amide bonds. The summed E-state index contributed by atoms with van der Waals surface area (Å²) in [5.74, 6) is 0.0259. The summed E-state index contributed by atoms with van der Waals surface area (Å²) < 4.78 is 5.46. The van der Waals surface area contributed by atoms with Crippen LogP contribution in [0.4, 0.5) is 0 Å². The fourth-order valence-electron chi connectivity index (χ4n) is 3.63. The van der Waals surface area contributed by atoms with E-state index >= 15 is 0 Å². The number of furan rings is 1. The zero-order valence-corrected chi connectivity index (χ0v) is 12.0. The number of hydrogen-bond acceptors (Lipinski definition) is 3. The molecule has 1 aromatic rings. The summed E-state index contributed by atoms with van der Waals surface area (Å²) in [4.78, 5) is 25.6. The summed E-state index contributed by atoms with van der Waals surface area (Å²) in [6, 6.07) is 3.84. The van der Waals surface area contributed by atoms with Crippen LogP contribution >= 0.6 is 0 Å². The van der Waals surface area contributed by atoms with Gasteiger partial charge in [0.25, 0.3) is 0 Å². The van der Waals surface area contributed by atoms with Crippen molar-refractivity contribution in [1.82, 2.24) is 4.90 Å². The lowest BCUT2D eigenvalue weighted by molar-refractivity contribution is -0.146. The van der Waals surface area contributed by atoms with Gasteiger partial charge in [-0.25, -0.2) is 0 Å². The summed E-state index contributed by atoms with van der Waals surface area (Å²) in [6.07, 6.45) is 6.21. The number of carbonyl (C=O) groups is 2. The number of carbonyl (C=O) groups excluding carboxylic acids is 1. The largest absolute Gasteiger partial charge is 0.481 e. The Morgan fingerprint density at radius 3 is 2.48 bits per heavy atom. The predicted molar refractivity (Wildman–Crippen MR) is 75.5 cm³/mol. The van der Waals surface area contributed by atoms with Crippen molar-refractivity contribution in [2.24, 2.45) is 11.8 Å². The number of carboxylic acid groups (broad SMARTS) is 1. The van der Waals surface area contributed by atoms with E-state index in [-0.39, 0.29) is 23.8 Å². The summed E-state index contributed by atoms with van der Waals surface area (Å²) in [5.41, 5.74) is 0. The fourth-order valence-corrected chi connectivity index (χ4v) is 3.63. The minimum absolute atomic E-state index is 0.0174. The lowest BCUT2D eigenvalue weighted by Gasteiger charge is -2.31. The van der Waals surface area contributed by atoms with Gasteiger partial charge < -0.3 is 14.4 Å². The highest BCUT2D eigenvalue weighted by Crippen LogP contribution is 2.37. The Hall–Kier alpha value is -1.78. The Morgan fingerprint density at radius 2 is 1.86 bits per heavy atom. The fraction of sp³-hybridized carbons (Fsp3) is 0.625. The highest BCUT2D eigenvalue weighted by molar-refractivity contribution is 5.80.